The van der Waals surface area contributed by atoms with Gasteiger partial charge in [-0.05, 0) is 161 Å². The maximum atomic E-state index is 13.1. The van der Waals surface area contributed by atoms with Crippen LogP contribution in [-0.4, -0.2) is 95.9 Å². The number of phosphoric ester groups is 2. The van der Waals surface area contributed by atoms with Crippen molar-refractivity contribution in [2.75, 3.05) is 39.6 Å². The number of esters is 3. The molecule has 18 heteroatoms. The molecule has 0 radical (unpaired) electrons. The Morgan fingerprint density at radius 3 is 0.694 bits per heavy atom. The van der Waals surface area contributed by atoms with Crippen molar-refractivity contribution in [3.63, 3.8) is 0 Å². The average Bonchev–Trinajstić information content (AvgIpc) is 0.870. The summed E-state index contributed by atoms with van der Waals surface area (Å²) >= 11 is 0. The Balaban J connectivity index is 4.57. The van der Waals surface area contributed by atoms with E-state index in [-0.39, 0.29) is 19.3 Å². The Morgan fingerprint density at radius 2 is 0.438 bits per heavy atom. The Bertz CT molecular complexity index is 2930. The number of carbonyl (C=O) groups excluding carboxylic acids is 3. The lowest BCUT2D eigenvalue weighted by Crippen LogP contribution is -2.30. The molecule has 0 bridgehead atoms. The third-order valence-corrected chi connectivity index (χ3v) is 22.0. The fourth-order valence-electron chi connectivity index (χ4n) is 12.9. The topological polar surface area (TPSA) is 231 Å². The minimum atomic E-state index is -4.95. The Hall–Kier alpha value is -5.35. The van der Waals surface area contributed by atoms with E-state index in [2.05, 4.69) is 203 Å². The molecule has 4 N–H and O–H groups in total. The van der Waals surface area contributed by atoms with Crippen molar-refractivity contribution >= 4 is 33.6 Å². The van der Waals surface area contributed by atoms with Crippen LogP contribution < -0.4 is 0 Å². The number of unbranched alkanes of at least 4 members (excludes halogenated alkanes) is 37. The Morgan fingerprint density at radius 1 is 0.240 bits per heavy atom. The summed E-state index contributed by atoms with van der Waals surface area (Å²) < 4.78 is 61.6. The van der Waals surface area contributed by atoms with Crippen LogP contribution in [0.5, 0.6) is 0 Å². The summed E-state index contributed by atoms with van der Waals surface area (Å²) in [5.41, 5.74) is 0. The van der Waals surface area contributed by atoms with Crippen molar-refractivity contribution in [1.82, 2.24) is 0 Å². The first-order valence-corrected chi connectivity index (χ1v) is 51.1. The fourth-order valence-corrected chi connectivity index (χ4v) is 14.5. The van der Waals surface area contributed by atoms with Gasteiger partial charge in [0, 0.05) is 19.3 Å². The van der Waals surface area contributed by atoms with Gasteiger partial charge in [0.25, 0.3) is 0 Å². The molecule has 0 aromatic heterocycles. The first-order valence-electron chi connectivity index (χ1n) is 48.1. The van der Waals surface area contributed by atoms with Crippen LogP contribution in [0.1, 0.15) is 393 Å². The van der Waals surface area contributed by atoms with E-state index in [0.717, 1.165) is 186 Å². The lowest BCUT2D eigenvalue weighted by Gasteiger charge is -2.21. The molecule has 0 aliphatic heterocycles. The van der Waals surface area contributed by atoms with E-state index >= 15 is 0 Å². The Kier molecular flexibility index (Phi) is 89.6. The molecule has 692 valence electrons. The van der Waals surface area contributed by atoms with Crippen molar-refractivity contribution in [1.29, 1.82) is 0 Å². The number of phosphoric acid groups is 2. The van der Waals surface area contributed by atoms with Crippen LogP contribution in [0.4, 0.5) is 0 Å². The van der Waals surface area contributed by atoms with Crippen LogP contribution in [-0.2, 0) is 55.8 Å². The number of aliphatic hydroxyl groups is 2. The van der Waals surface area contributed by atoms with Crippen LogP contribution in [0.15, 0.2) is 182 Å². The highest BCUT2D eigenvalue weighted by Crippen LogP contribution is 2.45. The van der Waals surface area contributed by atoms with Crippen LogP contribution in [0, 0.1) is 0 Å². The number of ether oxygens (including phenoxy) is 3. The standard InChI is InChI=1S/C103H174O16P2/c1-4-7-10-13-16-19-22-25-28-31-34-37-40-42-44-45-46-47-48-49-50-51-53-55-57-59-62-65-68-71-74-77-80-83-86-89-101(106)113-92-98(104)93-115-120(109,110)116-94-99(105)95-117-121(111,112)118-97-100(119-103(108)91-88-85-82-79-76-73-70-67-64-61-56-39-36-33-30-27-24-21-18-15-12-9-6-3)96-114-102(107)90-87-84-81-78-75-72-69-66-63-60-58-54-52-43-41-38-35-32-29-26-23-20-17-14-11-8-5-2/h7-8,10-11,16-21,25-30,34-39,42-44,46-47,52,61,64,98-100,104-105H,4-6,9,12-15,22-24,31-33,40-41,45,48-51,53-60,62-63,65-97H2,1-3H3,(H,109,110)(H,111,112)/b10-7-,11-8-,19-16-,20-17-,21-18-,28-25-,29-26-,30-27-,37-34-,38-35-,39-36-,44-42-,47-46-,52-43-,64-61-. The maximum absolute atomic E-state index is 13.1. The molecular formula is C103H174O16P2. The summed E-state index contributed by atoms with van der Waals surface area (Å²) in [4.78, 5) is 59.1. The van der Waals surface area contributed by atoms with Crippen molar-refractivity contribution in [2.45, 2.75) is 411 Å². The summed E-state index contributed by atoms with van der Waals surface area (Å²) in [5.74, 6) is -1.58. The first-order chi connectivity index (χ1) is 59.2. The lowest BCUT2D eigenvalue weighted by molar-refractivity contribution is -0.161. The molecule has 0 amide bonds. The SMILES string of the molecule is CC/C=C\C/C=C\C/C=C\C/C=C\C/C=C\C/C=C\CCCCCCCCCCCCCCCCCCC(=O)OCC(O)COP(=O)(O)OCC(O)COP(=O)(O)OCC(COC(=O)CCCCCCCCCCCCC/C=C\C/C=C\C/C=C\C/C=C\C/C=C\CC)OC(=O)CCCCCCCCC/C=C\C/C=C\C/C=C\C/C=C\CCCCC. The van der Waals surface area contributed by atoms with Gasteiger partial charge in [-0.3, -0.25) is 32.5 Å². The maximum Gasteiger partial charge on any atom is 0.472 e. The van der Waals surface area contributed by atoms with Crippen LogP contribution in [0.3, 0.4) is 0 Å². The molecule has 16 nitrogen and oxygen atoms in total. The molecule has 0 aromatic rings. The van der Waals surface area contributed by atoms with Gasteiger partial charge in [0.2, 0.25) is 0 Å². The van der Waals surface area contributed by atoms with Gasteiger partial charge in [-0.1, -0.05) is 396 Å². The number of hydrogen-bond acceptors (Lipinski definition) is 14. The summed E-state index contributed by atoms with van der Waals surface area (Å²) in [6.45, 7) is 2.46. The third-order valence-electron chi connectivity index (χ3n) is 20.1. The van der Waals surface area contributed by atoms with E-state index in [4.69, 9.17) is 32.3 Å². The molecule has 0 spiro atoms. The summed E-state index contributed by atoms with van der Waals surface area (Å²) in [5, 5.41) is 20.8. The largest absolute Gasteiger partial charge is 0.472 e. The van der Waals surface area contributed by atoms with Crippen molar-refractivity contribution in [3.05, 3.63) is 182 Å². The van der Waals surface area contributed by atoms with Gasteiger partial charge < -0.3 is 34.2 Å². The van der Waals surface area contributed by atoms with Gasteiger partial charge in [-0.15, -0.1) is 0 Å². The molecule has 0 saturated heterocycles. The van der Waals surface area contributed by atoms with Gasteiger partial charge >= 0.3 is 33.6 Å². The number of hydrogen-bond donors (Lipinski definition) is 4. The molecule has 0 rings (SSSR count). The van der Waals surface area contributed by atoms with E-state index in [0.29, 0.717) is 19.3 Å². The van der Waals surface area contributed by atoms with E-state index in [1.807, 2.05) is 0 Å². The molecule has 0 heterocycles. The molecule has 0 aliphatic carbocycles. The number of rotatable bonds is 90. The van der Waals surface area contributed by atoms with Gasteiger partial charge in [0.15, 0.2) is 6.10 Å². The minimum absolute atomic E-state index is 0.0874. The second kappa shape index (κ2) is 93.8. The van der Waals surface area contributed by atoms with E-state index < -0.39 is 91.5 Å². The van der Waals surface area contributed by atoms with E-state index in [9.17, 15) is 43.5 Å². The molecule has 5 unspecified atom stereocenters. The quantitative estimate of drug-likeness (QED) is 0.0146. The number of allylic oxidation sites excluding steroid dienone is 30. The summed E-state index contributed by atoms with van der Waals surface area (Å²) in [7, 11) is -9.82. The highest BCUT2D eigenvalue weighted by atomic mass is 31.2. The zero-order valence-electron chi connectivity index (χ0n) is 76.4. The average molecular weight is 1730 g/mol. The lowest BCUT2D eigenvalue weighted by atomic mass is 10.0. The van der Waals surface area contributed by atoms with Crippen molar-refractivity contribution < 1.29 is 75.8 Å². The van der Waals surface area contributed by atoms with Crippen LogP contribution in [0.2, 0.25) is 0 Å². The fraction of sp³-hybridized carbons (Fsp3) is 0.680. The third kappa shape index (κ3) is 95.2. The molecule has 0 saturated carbocycles. The Labute approximate surface area is 738 Å². The molecule has 5 atom stereocenters. The number of aliphatic hydroxyl groups excluding tert-OH is 2. The van der Waals surface area contributed by atoms with Crippen LogP contribution in [0.25, 0.3) is 0 Å². The monoisotopic (exact) mass is 1730 g/mol. The predicted molar refractivity (Wildman–Crippen MR) is 509 cm³/mol. The van der Waals surface area contributed by atoms with Gasteiger partial charge in [-0.2, -0.15) is 0 Å². The summed E-state index contributed by atoms with van der Waals surface area (Å²) in [6, 6.07) is 0. The zero-order chi connectivity index (χ0) is 87.9. The second-order valence-electron chi connectivity index (χ2n) is 31.8. The second-order valence-corrected chi connectivity index (χ2v) is 34.7. The highest BCUT2D eigenvalue weighted by molar-refractivity contribution is 7.47. The van der Waals surface area contributed by atoms with Gasteiger partial charge in [0.1, 0.15) is 25.4 Å². The molecule has 0 fully saturated rings. The van der Waals surface area contributed by atoms with Gasteiger partial charge in [-0.25, -0.2) is 9.13 Å². The van der Waals surface area contributed by atoms with Crippen molar-refractivity contribution in [2.24, 2.45) is 0 Å². The predicted octanol–water partition coefficient (Wildman–Crippen LogP) is 30.0. The summed E-state index contributed by atoms with van der Waals surface area (Å²) in [6.07, 6.45) is 124. The van der Waals surface area contributed by atoms with E-state index in [1.54, 1.807) is 0 Å². The normalized spacial score (nSPS) is 14.5. The van der Waals surface area contributed by atoms with Crippen molar-refractivity contribution in [3.8, 4) is 0 Å². The number of carbonyl (C=O) groups is 3. The first kappa shape index (κ1) is 116. The zero-order valence-corrected chi connectivity index (χ0v) is 78.2. The highest BCUT2D eigenvalue weighted by Gasteiger charge is 2.30. The van der Waals surface area contributed by atoms with Crippen LogP contribution >= 0.6 is 15.6 Å². The minimum Gasteiger partial charge on any atom is -0.463 e. The van der Waals surface area contributed by atoms with E-state index in [1.165, 1.54) is 148 Å². The smallest absolute Gasteiger partial charge is 0.463 e. The molecule has 0 aliphatic rings. The molecule has 121 heavy (non-hydrogen) atoms. The molecular weight excluding hydrogens is 1560 g/mol. The molecule has 0 aromatic carbocycles. The van der Waals surface area contributed by atoms with Gasteiger partial charge in [0.05, 0.1) is 26.4 Å².